The summed E-state index contributed by atoms with van der Waals surface area (Å²) in [5.74, 6) is 0.751. The molecule has 2 heterocycles. The number of nitrogens with one attached hydrogen (secondary N) is 1. The quantitative estimate of drug-likeness (QED) is 0.811. The van der Waals surface area contributed by atoms with Crippen molar-refractivity contribution in [3.63, 3.8) is 0 Å². The predicted octanol–water partition coefficient (Wildman–Crippen LogP) is 0.832. The van der Waals surface area contributed by atoms with Crippen LogP contribution in [0.3, 0.4) is 0 Å². The van der Waals surface area contributed by atoms with E-state index in [-0.39, 0.29) is 41.3 Å². The van der Waals surface area contributed by atoms with Crippen LogP contribution in [0, 0.1) is 11.8 Å². The van der Waals surface area contributed by atoms with E-state index in [2.05, 4.69) is 5.32 Å². The normalized spacial score (nSPS) is 33.3. The Balaban J connectivity index is 0.00000161. The largest absolute Gasteiger partial charge is 0.337 e. The van der Waals surface area contributed by atoms with E-state index in [4.69, 9.17) is 0 Å². The van der Waals surface area contributed by atoms with Gasteiger partial charge in [-0.1, -0.05) is 19.8 Å². The van der Waals surface area contributed by atoms with Crippen molar-refractivity contribution in [2.75, 3.05) is 25.4 Å². The second kappa shape index (κ2) is 6.42. The second-order valence-corrected chi connectivity index (χ2v) is 8.84. The minimum absolute atomic E-state index is 0. The van der Waals surface area contributed by atoms with Crippen LogP contribution in [0.4, 0.5) is 0 Å². The highest BCUT2D eigenvalue weighted by molar-refractivity contribution is 7.92. The van der Waals surface area contributed by atoms with E-state index in [9.17, 15) is 13.2 Å². The molecule has 2 aliphatic heterocycles. The number of rotatable bonds is 2. The lowest BCUT2D eigenvalue weighted by Gasteiger charge is -2.45. The molecule has 2 saturated heterocycles. The van der Waals surface area contributed by atoms with Gasteiger partial charge in [0.1, 0.15) is 0 Å². The van der Waals surface area contributed by atoms with Gasteiger partial charge in [0.2, 0.25) is 5.91 Å². The molecule has 1 amide bonds. The maximum atomic E-state index is 12.7. The lowest BCUT2D eigenvalue weighted by molar-refractivity contribution is -0.140. The molecule has 3 unspecified atom stereocenters. The third-order valence-corrected chi connectivity index (χ3v) is 7.56. The molecule has 0 radical (unpaired) electrons. The van der Waals surface area contributed by atoms with Crippen LogP contribution < -0.4 is 5.32 Å². The molecule has 21 heavy (non-hydrogen) atoms. The molecule has 3 atom stereocenters. The fraction of sp³-hybridized carbons (Fsp3) is 0.929. The molecule has 3 rings (SSSR count). The van der Waals surface area contributed by atoms with Gasteiger partial charge in [-0.2, -0.15) is 0 Å². The molecular formula is C14H25ClN2O3S. The van der Waals surface area contributed by atoms with E-state index >= 15 is 0 Å². The minimum Gasteiger partial charge on any atom is -0.337 e. The van der Waals surface area contributed by atoms with Crippen LogP contribution in [0.25, 0.3) is 0 Å². The first-order valence-corrected chi connectivity index (χ1v) is 9.45. The van der Waals surface area contributed by atoms with Crippen LogP contribution in [0.15, 0.2) is 0 Å². The highest BCUT2D eigenvalue weighted by atomic mass is 35.5. The molecule has 1 aliphatic carbocycles. The lowest BCUT2D eigenvalue weighted by atomic mass is 9.86. The summed E-state index contributed by atoms with van der Waals surface area (Å²) in [5.41, 5.74) is 0. The molecule has 0 aromatic carbocycles. The molecule has 0 bridgehead atoms. The number of hydrogen-bond acceptors (Lipinski definition) is 4. The number of amides is 1. The van der Waals surface area contributed by atoms with Crippen LogP contribution in [0.2, 0.25) is 0 Å². The highest BCUT2D eigenvalue weighted by Gasteiger charge is 2.45. The first kappa shape index (κ1) is 17.0. The molecule has 0 spiro atoms. The van der Waals surface area contributed by atoms with Gasteiger partial charge in [-0.3, -0.25) is 4.79 Å². The minimum atomic E-state index is -2.99. The van der Waals surface area contributed by atoms with E-state index in [1.54, 1.807) is 0 Å². The smallest absolute Gasteiger partial charge is 0.226 e. The van der Waals surface area contributed by atoms with E-state index in [1.807, 2.05) is 11.8 Å². The molecule has 5 nitrogen and oxygen atoms in total. The Morgan fingerprint density at radius 3 is 2.52 bits per heavy atom. The maximum absolute atomic E-state index is 12.7. The molecule has 3 aliphatic rings. The van der Waals surface area contributed by atoms with Crippen LogP contribution in [0.5, 0.6) is 0 Å². The number of hydrogen-bond donors (Lipinski definition) is 1. The van der Waals surface area contributed by atoms with Gasteiger partial charge in [0.15, 0.2) is 9.84 Å². The second-order valence-electron chi connectivity index (χ2n) is 6.50. The molecule has 0 aromatic rings. The SMILES string of the molecule is CC(C(=O)N1CCS(=O)(=O)C2CCCCC21)C1CNC1.Cl. The van der Waals surface area contributed by atoms with Gasteiger partial charge < -0.3 is 10.2 Å². The summed E-state index contributed by atoms with van der Waals surface area (Å²) in [4.78, 5) is 14.6. The van der Waals surface area contributed by atoms with Crippen LogP contribution >= 0.6 is 12.4 Å². The summed E-state index contributed by atoms with van der Waals surface area (Å²) < 4.78 is 24.4. The third kappa shape index (κ3) is 3.08. The highest BCUT2D eigenvalue weighted by Crippen LogP contribution is 2.33. The Kier molecular flexibility index (Phi) is 5.21. The molecule has 1 saturated carbocycles. The van der Waals surface area contributed by atoms with Crippen molar-refractivity contribution in [3.8, 4) is 0 Å². The van der Waals surface area contributed by atoms with Gasteiger partial charge in [0.05, 0.1) is 11.0 Å². The first-order chi connectivity index (χ1) is 9.50. The zero-order valence-corrected chi connectivity index (χ0v) is 14.1. The zero-order valence-electron chi connectivity index (χ0n) is 12.5. The van der Waals surface area contributed by atoms with Gasteiger partial charge in [-0.15, -0.1) is 12.4 Å². The Labute approximate surface area is 133 Å². The summed E-state index contributed by atoms with van der Waals surface area (Å²) in [6, 6.07) is -0.0644. The summed E-state index contributed by atoms with van der Waals surface area (Å²) in [7, 11) is -2.99. The first-order valence-electron chi connectivity index (χ1n) is 7.73. The Morgan fingerprint density at radius 1 is 1.24 bits per heavy atom. The van der Waals surface area contributed by atoms with Gasteiger partial charge in [-0.25, -0.2) is 8.42 Å². The Bertz CT molecular complexity index is 492. The number of carbonyl (C=O) groups is 1. The standard InChI is InChI=1S/C14H24N2O3S.ClH/c1-10(11-8-15-9-11)14(17)16-6-7-20(18,19)13-5-3-2-4-12(13)16;/h10-13,15H,2-9H2,1H3;1H. The summed E-state index contributed by atoms with van der Waals surface area (Å²) in [5, 5.41) is 2.90. The van der Waals surface area contributed by atoms with Gasteiger partial charge in [-0.05, 0) is 31.8 Å². The third-order valence-electron chi connectivity index (χ3n) is 5.34. The number of carbonyl (C=O) groups excluding carboxylic acids is 1. The van der Waals surface area contributed by atoms with Crippen molar-refractivity contribution >= 4 is 28.2 Å². The van der Waals surface area contributed by atoms with Gasteiger partial charge in [0, 0.05) is 18.5 Å². The van der Waals surface area contributed by atoms with Crippen LogP contribution in [-0.2, 0) is 14.6 Å². The van der Waals surface area contributed by atoms with Crippen molar-refractivity contribution in [3.05, 3.63) is 0 Å². The topological polar surface area (TPSA) is 66.5 Å². The van der Waals surface area contributed by atoms with Crippen molar-refractivity contribution in [1.29, 1.82) is 0 Å². The van der Waals surface area contributed by atoms with Gasteiger partial charge in [0.25, 0.3) is 0 Å². The number of sulfone groups is 1. The molecule has 3 fully saturated rings. The average molecular weight is 337 g/mol. The summed E-state index contributed by atoms with van der Waals surface area (Å²) in [6.07, 6.45) is 3.60. The van der Waals surface area contributed by atoms with Crippen LogP contribution in [0.1, 0.15) is 32.6 Å². The Hall–Kier alpha value is -0.330. The number of fused-ring (bicyclic) bond motifs is 1. The molecule has 1 N–H and O–H groups in total. The van der Waals surface area contributed by atoms with E-state index in [0.717, 1.165) is 38.8 Å². The van der Waals surface area contributed by atoms with Crippen molar-refractivity contribution in [2.45, 2.75) is 43.9 Å². The fourth-order valence-electron chi connectivity index (χ4n) is 3.80. The van der Waals surface area contributed by atoms with Gasteiger partial charge >= 0.3 is 0 Å². The zero-order chi connectivity index (χ0) is 14.3. The predicted molar refractivity (Wildman–Crippen MR) is 84.3 cm³/mol. The summed E-state index contributed by atoms with van der Waals surface area (Å²) >= 11 is 0. The monoisotopic (exact) mass is 336 g/mol. The average Bonchev–Trinajstić information content (AvgIpc) is 2.36. The van der Waals surface area contributed by atoms with E-state index in [1.165, 1.54) is 0 Å². The molecule has 0 aromatic heterocycles. The molecule has 122 valence electrons. The van der Waals surface area contributed by atoms with Crippen molar-refractivity contribution < 1.29 is 13.2 Å². The summed E-state index contributed by atoms with van der Waals surface area (Å²) in [6.45, 7) is 4.21. The molecule has 7 heteroatoms. The number of halogens is 1. The van der Waals surface area contributed by atoms with Crippen molar-refractivity contribution in [2.24, 2.45) is 11.8 Å². The van der Waals surface area contributed by atoms with Crippen LogP contribution in [-0.4, -0.2) is 55.9 Å². The van der Waals surface area contributed by atoms with E-state index < -0.39 is 9.84 Å². The fourth-order valence-corrected chi connectivity index (χ4v) is 5.84. The maximum Gasteiger partial charge on any atom is 0.226 e. The lowest BCUT2D eigenvalue weighted by Crippen LogP contribution is -2.60. The Morgan fingerprint density at radius 2 is 1.90 bits per heavy atom. The van der Waals surface area contributed by atoms with Crippen molar-refractivity contribution in [1.82, 2.24) is 10.2 Å². The van der Waals surface area contributed by atoms with E-state index in [0.29, 0.717) is 12.5 Å². The molecular weight excluding hydrogens is 312 g/mol. The number of nitrogens with zero attached hydrogens (tertiary/aromatic N) is 1.